The van der Waals surface area contributed by atoms with E-state index in [9.17, 15) is 9.18 Å². The van der Waals surface area contributed by atoms with Crippen LogP contribution in [0.4, 0.5) is 10.1 Å². The van der Waals surface area contributed by atoms with Gasteiger partial charge in [0, 0.05) is 12.3 Å². The van der Waals surface area contributed by atoms with Gasteiger partial charge in [-0.1, -0.05) is 41.6 Å². The summed E-state index contributed by atoms with van der Waals surface area (Å²) < 4.78 is 25.8. The first-order valence-corrected chi connectivity index (χ1v) is 9.30. The van der Waals surface area contributed by atoms with E-state index in [1.54, 1.807) is 36.1 Å². The lowest BCUT2D eigenvalue weighted by atomic mass is 10.2. The number of anilines is 1. The number of amides is 1. The molecule has 0 bridgehead atoms. The fourth-order valence-corrected chi connectivity index (χ4v) is 2.93. The maximum Gasteiger partial charge on any atom is 0.278 e. The van der Waals surface area contributed by atoms with Crippen LogP contribution in [0.25, 0.3) is 0 Å². The Balaban J connectivity index is 1.43. The number of aromatic nitrogens is 3. The highest BCUT2D eigenvalue weighted by Gasteiger charge is 2.21. The molecule has 2 heterocycles. The van der Waals surface area contributed by atoms with E-state index in [0.29, 0.717) is 29.3 Å². The molecule has 2 aromatic carbocycles. The Kier molecular flexibility index (Phi) is 5.56. The molecule has 0 aliphatic heterocycles. The lowest BCUT2D eigenvalue weighted by molar-refractivity contribution is 0.101. The van der Waals surface area contributed by atoms with Crippen LogP contribution in [0, 0.1) is 12.7 Å². The first-order chi connectivity index (χ1) is 14.6. The molecular formula is C22H19FN4O3. The molecule has 152 valence electrons. The number of hydrogen-bond donors (Lipinski definition) is 1. The Hall–Kier alpha value is -3.94. The van der Waals surface area contributed by atoms with Gasteiger partial charge >= 0.3 is 0 Å². The maximum atomic E-state index is 13.3. The van der Waals surface area contributed by atoms with Crippen LogP contribution < -0.4 is 10.1 Å². The van der Waals surface area contributed by atoms with Gasteiger partial charge in [0.25, 0.3) is 5.91 Å². The molecule has 2 aromatic heterocycles. The zero-order chi connectivity index (χ0) is 20.9. The van der Waals surface area contributed by atoms with Gasteiger partial charge in [-0.25, -0.2) is 4.39 Å². The van der Waals surface area contributed by atoms with Crippen LogP contribution >= 0.6 is 0 Å². The van der Waals surface area contributed by atoms with Gasteiger partial charge in [0.1, 0.15) is 23.9 Å². The number of rotatable bonds is 7. The molecule has 7 nitrogen and oxygen atoms in total. The lowest BCUT2D eigenvalue weighted by Crippen LogP contribution is -2.15. The van der Waals surface area contributed by atoms with E-state index in [2.05, 4.69) is 15.6 Å². The molecule has 4 aromatic rings. The van der Waals surface area contributed by atoms with E-state index < -0.39 is 11.7 Å². The number of nitrogens with one attached hydrogen (secondary N) is 1. The van der Waals surface area contributed by atoms with Crippen molar-refractivity contribution in [1.29, 1.82) is 0 Å². The number of nitrogens with zero attached hydrogens (tertiary/aromatic N) is 3. The molecule has 4 rings (SSSR count). The summed E-state index contributed by atoms with van der Waals surface area (Å²) in [7, 11) is 0. The monoisotopic (exact) mass is 406 g/mol. The summed E-state index contributed by atoms with van der Waals surface area (Å²) >= 11 is 0. The Labute approximate surface area is 172 Å². The third-order valence-electron chi connectivity index (χ3n) is 4.46. The summed E-state index contributed by atoms with van der Waals surface area (Å²) in [5.41, 5.74) is 2.24. The topological polar surface area (TPSA) is 82.2 Å². The number of ether oxygens (including phenoxy) is 1. The van der Waals surface area contributed by atoms with Crippen molar-refractivity contribution in [1.82, 2.24) is 14.9 Å². The molecule has 0 fully saturated rings. The van der Waals surface area contributed by atoms with E-state index in [1.165, 1.54) is 12.1 Å². The van der Waals surface area contributed by atoms with Gasteiger partial charge in [-0.15, -0.1) is 0 Å². The fraction of sp³-hybridized carbons (Fsp3) is 0.136. The van der Waals surface area contributed by atoms with Crippen molar-refractivity contribution in [3.05, 3.63) is 95.4 Å². The summed E-state index contributed by atoms with van der Waals surface area (Å²) in [4.78, 5) is 12.7. The van der Waals surface area contributed by atoms with Crippen LogP contribution in [0.15, 0.2) is 71.5 Å². The number of aryl methyl sites for hydroxylation is 1. The molecular weight excluding hydrogens is 387 g/mol. The normalized spacial score (nSPS) is 10.7. The smallest absolute Gasteiger partial charge is 0.278 e. The van der Waals surface area contributed by atoms with Crippen molar-refractivity contribution in [3.63, 3.8) is 0 Å². The highest BCUT2D eigenvalue weighted by molar-refractivity contribution is 6.03. The van der Waals surface area contributed by atoms with Crippen molar-refractivity contribution in [2.45, 2.75) is 20.1 Å². The van der Waals surface area contributed by atoms with Crippen LogP contribution in [0.3, 0.4) is 0 Å². The second kappa shape index (κ2) is 8.60. The maximum absolute atomic E-state index is 13.3. The number of carbonyl (C=O) groups excluding carboxylic acids is 1. The van der Waals surface area contributed by atoms with E-state index in [-0.39, 0.29) is 12.3 Å². The van der Waals surface area contributed by atoms with Gasteiger partial charge in [-0.2, -0.15) is 5.10 Å². The largest absolute Gasteiger partial charge is 0.489 e. The zero-order valence-corrected chi connectivity index (χ0v) is 16.2. The minimum atomic E-state index is -0.441. The fourth-order valence-electron chi connectivity index (χ4n) is 2.93. The molecule has 0 saturated heterocycles. The SMILES string of the molecule is Cc1onc(C(=O)Nc2cnn(Cc3ccccc3)c2)c1COc1cccc(F)c1. The van der Waals surface area contributed by atoms with Crippen LogP contribution in [0.1, 0.15) is 27.4 Å². The standard InChI is InChI=1S/C22H19FN4O3/c1-15-20(14-29-19-9-5-8-17(23)10-19)21(26-30-15)22(28)25-18-11-24-27(13-18)12-16-6-3-2-4-7-16/h2-11,13H,12,14H2,1H3,(H,25,28). The Morgan fingerprint density at radius 1 is 1.20 bits per heavy atom. The van der Waals surface area contributed by atoms with E-state index in [4.69, 9.17) is 9.26 Å². The highest BCUT2D eigenvalue weighted by Crippen LogP contribution is 2.20. The third kappa shape index (κ3) is 4.54. The predicted octanol–water partition coefficient (Wildman–Crippen LogP) is 4.20. The first kappa shape index (κ1) is 19.4. The van der Waals surface area contributed by atoms with E-state index in [1.807, 2.05) is 30.3 Å². The average molecular weight is 406 g/mol. The van der Waals surface area contributed by atoms with Gasteiger partial charge in [0.05, 0.1) is 24.0 Å². The minimum absolute atomic E-state index is 0.0226. The highest BCUT2D eigenvalue weighted by atomic mass is 19.1. The molecule has 8 heteroatoms. The van der Waals surface area contributed by atoms with Crippen LogP contribution in [0.2, 0.25) is 0 Å². The number of hydrogen-bond acceptors (Lipinski definition) is 5. The average Bonchev–Trinajstić information content (AvgIpc) is 3.33. The number of benzene rings is 2. The molecule has 0 atom stereocenters. The molecule has 0 radical (unpaired) electrons. The summed E-state index contributed by atoms with van der Waals surface area (Å²) in [5.74, 6) is -0.0375. The quantitative estimate of drug-likeness (QED) is 0.497. The molecule has 30 heavy (non-hydrogen) atoms. The van der Waals surface area contributed by atoms with Gasteiger partial charge in [0.15, 0.2) is 5.69 Å². The summed E-state index contributed by atoms with van der Waals surface area (Å²) in [6.45, 7) is 2.30. The lowest BCUT2D eigenvalue weighted by Gasteiger charge is -2.07. The summed E-state index contributed by atoms with van der Waals surface area (Å²) in [6.07, 6.45) is 3.30. The van der Waals surface area contributed by atoms with Crippen molar-refractivity contribution in [3.8, 4) is 5.75 Å². The second-order valence-electron chi connectivity index (χ2n) is 6.68. The molecule has 0 saturated carbocycles. The molecule has 0 unspecified atom stereocenters. The number of halogens is 1. The second-order valence-corrected chi connectivity index (χ2v) is 6.68. The van der Waals surface area contributed by atoms with Gasteiger partial charge in [-0.05, 0) is 24.6 Å². The van der Waals surface area contributed by atoms with Crippen LogP contribution in [-0.2, 0) is 13.2 Å². The summed E-state index contributed by atoms with van der Waals surface area (Å²) in [6, 6.07) is 15.7. The Bertz CT molecular complexity index is 1150. The van der Waals surface area contributed by atoms with Gasteiger partial charge < -0.3 is 14.6 Å². The minimum Gasteiger partial charge on any atom is -0.489 e. The Morgan fingerprint density at radius 2 is 2.03 bits per heavy atom. The van der Waals surface area contributed by atoms with Crippen molar-refractivity contribution < 1.29 is 18.4 Å². The van der Waals surface area contributed by atoms with Crippen molar-refractivity contribution >= 4 is 11.6 Å². The van der Waals surface area contributed by atoms with Gasteiger partial charge in [0.2, 0.25) is 0 Å². The molecule has 1 N–H and O–H groups in total. The summed E-state index contributed by atoms with van der Waals surface area (Å²) in [5, 5.41) is 10.9. The zero-order valence-electron chi connectivity index (χ0n) is 16.2. The van der Waals surface area contributed by atoms with Crippen LogP contribution in [-0.4, -0.2) is 20.8 Å². The van der Waals surface area contributed by atoms with Crippen molar-refractivity contribution in [2.75, 3.05) is 5.32 Å². The van der Waals surface area contributed by atoms with E-state index in [0.717, 1.165) is 5.56 Å². The molecule has 1 amide bonds. The number of carbonyl (C=O) groups is 1. The first-order valence-electron chi connectivity index (χ1n) is 9.30. The molecule has 0 spiro atoms. The van der Waals surface area contributed by atoms with Gasteiger partial charge in [-0.3, -0.25) is 9.48 Å². The predicted molar refractivity (Wildman–Crippen MR) is 108 cm³/mol. The Morgan fingerprint density at radius 3 is 2.83 bits per heavy atom. The van der Waals surface area contributed by atoms with Crippen molar-refractivity contribution in [2.24, 2.45) is 0 Å². The molecule has 0 aliphatic carbocycles. The third-order valence-corrected chi connectivity index (χ3v) is 4.46. The van der Waals surface area contributed by atoms with Crippen LogP contribution in [0.5, 0.6) is 5.75 Å². The van der Waals surface area contributed by atoms with E-state index >= 15 is 0 Å². The molecule has 0 aliphatic rings.